The minimum absolute atomic E-state index is 0.125. The summed E-state index contributed by atoms with van der Waals surface area (Å²) in [5, 5.41) is 0. The van der Waals surface area contributed by atoms with Gasteiger partial charge in [-0.3, -0.25) is 4.79 Å². The standard InChI is InChI=1S/C8H15O/c1-4-8(5-2)7(3)6-9/h7-8H,4-5H2,1-3H3. The number of hydrogen-bond donors (Lipinski definition) is 0. The second kappa shape index (κ2) is 4.54. The van der Waals surface area contributed by atoms with E-state index in [1.165, 1.54) is 0 Å². The molecule has 1 nitrogen and oxygen atoms in total. The predicted octanol–water partition coefficient (Wildman–Crippen LogP) is 2.17. The van der Waals surface area contributed by atoms with E-state index in [0.717, 1.165) is 12.8 Å². The summed E-state index contributed by atoms with van der Waals surface area (Å²) in [7, 11) is 0. The molecule has 1 unspecified atom stereocenters. The molecule has 0 saturated heterocycles. The van der Waals surface area contributed by atoms with E-state index in [9.17, 15) is 4.79 Å². The molecule has 0 aliphatic rings. The quantitative estimate of drug-likeness (QED) is 0.565. The summed E-state index contributed by atoms with van der Waals surface area (Å²) in [6.45, 7) is 6.16. The van der Waals surface area contributed by atoms with Gasteiger partial charge in [-0.2, -0.15) is 0 Å². The minimum atomic E-state index is 0.125. The molecule has 0 aromatic carbocycles. The van der Waals surface area contributed by atoms with Crippen LogP contribution in [-0.2, 0) is 4.79 Å². The van der Waals surface area contributed by atoms with Crippen LogP contribution in [0.4, 0.5) is 0 Å². The second-order valence-corrected chi connectivity index (χ2v) is 2.48. The lowest BCUT2D eigenvalue weighted by Gasteiger charge is -2.13. The molecule has 1 atom stereocenters. The van der Waals surface area contributed by atoms with E-state index in [1.807, 2.05) is 13.2 Å². The van der Waals surface area contributed by atoms with Crippen molar-refractivity contribution >= 4 is 6.29 Å². The molecule has 1 heteroatoms. The van der Waals surface area contributed by atoms with Crippen LogP contribution in [0.25, 0.3) is 0 Å². The summed E-state index contributed by atoms with van der Waals surface area (Å²) in [6.07, 6.45) is 4.20. The number of carbonyl (C=O) groups excluding carboxylic acids is 1. The van der Waals surface area contributed by atoms with Crippen molar-refractivity contribution in [2.24, 2.45) is 11.8 Å². The molecule has 53 valence electrons. The molecule has 0 N–H and O–H groups in total. The molecule has 0 aliphatic carbocycles. The van der Waals surface area contributed by atoms with Gasteiger partial charge < -0.3 is 0 Å². The largest absolute Gasteiger partial charge is 0.291 e. The lowest BCUT2D eigenvalue weighted by Crippen LogP contribution is -2.10. The Balaban J connectivity index is 3.63. The molecule has 0 fully saturated rings. The maximum Gasteiger partial charge on any atom is 0.201 e. The van der Waals surface area contributed by atoms with Crippen molar-refractivity contribution in [1.29, 1.82) is 0 Å². The maximum atomic E-state index is 10.1. The Kier molecular flexibility index (Phi) is 4.37. The molecular weight excluding hydrogens is 112 g/mol. The van der Waals surface area contributed by atoms with Crippen LogP contribution in [0.15, 0.2) is 0 Å². The van der Waals surface area contributed by atoms with Gasteiger partial charge in [-0.25, -0.2) is 0 Å². The van der Waals surface area contributed by atoms with Crippen LogP contribution >= 0.6 is 0 Å². The van der Waals surface area contributed by atoms with E-state index in [2.05, 4.69) is 13.8 Å². The van der Waals surface area contributed by atoms with Crippen LogP contribution in [0, 0.1) is 11.8 Å². The Bertz CT molecular complexity index is 74.6. The van der Waals surface area contributed by atoms with Crippen LogP contribution in [0.5, 0.6) is 0 Å². The van der Waals surface area contributed by atoms with Gasteiger partial charge in [-0.1, -0.05) is 33.6 Å². The van der Waals surface area contributed by atoms with Crippen molar-refractivity contribution in [3.63, 3.8) is 0 Å². The smallest absolute Gasteiger partial charge is 0.201 e. The summed E-state index contributed by atoms with van der Waals surface area (Å²) in [5.41, 5.74) is 0. The Morgan fingerprint density at radius 3 is 1.89 bits per heavy atom. The molecule has 0 bridgehead atoms. The summed E-state index contributed by atoms with van der Waals surface area (Å²) in [4.78, 5) is 10.1. The summed E-state index contributed by atoms with van der Waals surface area (Å²) in [5.74, 6) is 0.669. The molecule has 0 amide bonds. The first-order valence-electron chi connectivity index (χ1n) is 3.63. The number of hydrogen-bond acceptors (Lipinski definition) is 1. The number of rotatable bonds is 4. The highest BCUT2D eigenvalue weighted by Gasteiger charge is 2.11. The van der Waals surface area contributed by atoms with Gasteiger partial charge in [0.25, 0.3) is 0 Å². The monoisotopic (exact) mass is 127 g/mol. The zero-order valence-corrected chi connectivity index (χ0v) is 6.48. The summed E-state index contributed by atoms with van der Waals surface area (Å²) >= 11 is 0. The average molecular weight is 127 g/mol. The van der Waals surface area contributed by atoms with Gasteiger partial charge in [-0.05, 0) is 5.92 Å². The molecule has 0 rings (SSSR count). The molecule has 0 aromatic heterocycles. The third-order valence-electron chi connectivity index (χ3n) is 1.94. The highest BCUT2D eigenvalue weighted by molar-refractivity contribution is 5.54. The summed E-state index contributed by atoms with van der Waals surface area (Å²) in [6, 6.07) is 0. The van der Waals surface area contributed by atoms with Gasteiger partial charge in [0.1, 0.15) is 0 Å². The van der Waals surface area contributed by atoms with E-state index >= 15 is 0 Å². The Morgan fingerprint density at radius 1 is 1.33 bits per heavy atom. The lowest BCUT2D eigenvalue weighted by atomic mass is 9.91. The predicted molar refractivity (Wildman–Crippen MR) is 38.9 cm³/mol. The van der Waals surface area contributed by atoms with E-state index in [-0.39, 0.29) is 5.92 Å². The van der Waals surface area contributed by atoms with Gasteiger partial charge in [0.2, 0.25) is 6.29 Å². The first kappa shape index (κ1) is 8.67. The fourth-order valence-corrected chi connectivity index (χ4v) is 1.09. The SMILES string of the molecule is CCC(CC)C(C)[C]=O. The molecule has 0 spiro atoms. The zero-order chi connectivity index (χ0) is 7.28. The molecular formula is C8H15O. The van der Waals surface area contributed by atoms with Gasteiger partial charge in [-0.15, -0.1) is 0 Å². The Labute approximate surface area is 57.5 Å². The molecule has 9 heavy (non-hydrogen) atoms. The summed E-state index contributed by atoms with van der Waals surface area (Å²) < 4.78 is 0. The highest BCUT2D eigenvalue weighted by atomic mass is 16.1. The molecule has 0 saturated carbocycles. The third kappa shape index (κ3) is 2.64. The zero-order valence-electron chi connectivity index (χ0n) is 6.48. The molecule has 0 aromatic rings. The first-order valence-corrected chi connectivity index (χ1v) is 3.63. The maximum absolute atomic E-state index is 10.1. The van der Waals surface area contributed by atoms with Crippen molar-refractivity contribution in [1.82, 2.24) is 0 Å². The Morgan fingerprint density at radius 2 is 1.78 bits per heavy atom. The van der Waals surface area contributed by atoms with Gasteiger partial charge in [0.15, 0.2) is 0 Å². The van der Waals surface area contributed by atoms with Crippen LogP contribution < -0.4 is 0 Å². The van der Waals surface area contributed by atoms with E-state index < -0.39 is 0 Å². The van der Waals surface area contributed by atoms with Crippen LogP contribution in [0.2, 0.25) is 0 Å². The minimum Gasteiger partial charge on any atom is -0.291 e. The van der Waals surface area contributed by atoms with Crippen LogP contribution in [-0.4, -0.2) is 6.29 Å². The van der Waals surface area contributed by atoms with E-state index in [4.69, 9.17) is 0 Å². The van der Waals surface area contributed by atoms with E-state index in [1.54, 1.807) is 0 Å². The molecule has 1 radical (unpaired) electrons. The van der Waals surface area contributed by atoms with Crippen molar-refractivity contribution in [2.45, 2.75) is 33.6 Å². The van der Waals surface area contributed by atoms with Crippen molar-refractivity contribution in [3.8, 4) is 0 Å². The van der Waals surface area contributed by atoms with Gasteiger partial charge in [0, 0.05) is 5.92 Å². The molecule has 0 heterocycles. The highest BCUT2D eigenvalue weighted by Crippen LogP contribution is 2.16. The lowest BCUT2D eigenvalue weighted by molar-refractivity contribution is 0.394. The van der Waals surface area contributed by atoms with Crippen molar-refractivity contribution in [2.75, 3.05) is 0 Å². The van der Waals surface area contributed by atoms with Crippen molar-refractivity contribution < 1.29 is 4.79 Å². The van der Waals surface area contributed by atoms with E-state index in [0.29, 0.717) is 5.92 Å². The fraction of sp³-hybridized carbons (Fsp3) is 0.875. The average Bonchev–Trinajstić information content (AvgIpc) is 1.90. The molecule has 0 aliphatic heterocycles. The Hall–Kier alpha value is -0.330. The fourth-order valence-electron chi connectivity index (χ4n) is 1.09. The van der Waals surface area contributed by atoms with Crippen LogP contribution in [0.3, 0.4) is 0 Å². The normalized spacial score (nSPS) is 13.8. The van der Waals surface area contributed by atoms with Crippen LogP contribution in [0.1, 0.15) is 33.6 Å². The second-order valence-electron chi connectivity index (χ2n) is 2.48. The van der Waals surface area contributed by atoms with Gasteiger partial charge >= 0.3 is 0 Å². The van der Waals surface area contributed by atoms with Crippen molar-refractivity contribution in [3.05, 3.63) is 0 Å². The first-order chi connectivity index (χ1) is 4.26. The third-order valence-corrected chi connectivity index (χ3v) is 1.94. The topological polar surface area (TPSA) is 17.1 Å². The van der Waals surface area contributed by atoms with Gasteiger partial charge in [0.05, 0.1) is 0 Å².